The molecule has 0 bridgehead atoms. The van der Waals surface area contributed by atoms with Crippen LogP contribution >= 0.6 is 0 Å². The van der Waals surface area contributed by atoms with Crippen molar-refractivity contribution in [3.63, 3.8) is 0 Å². The minimum Gasteiger partial charge on any atom is -0.366 e. The third-order valence-corrected chi connectivity index (χ3v) is 5.17. The lowest BCUT2D eigenvalue weighted by Gasteiger charge is -2.09. The lowest BCUT2D eigenvalue weighted by molar-refractivity contribution is 1.09. The quantitative estimate of drug-likeness (QED) is 0.317. The third-order valence-electron chi connectivity index (χ3n) is 5.17. The van der Waals surface area contributed by atoms with Gasteiger partial charge in [-0.3, -0.25) is 0 Å². The first-order chi connectivity index (χ1) is 15.6. The zero-order chi connectivity index (χ0) is 22.3. The molecule has 0 atom stereocenters. The number of hydrogen-bond donors (Lipinski definition) is 1. The summed E-state index contributed by atoms with van der Waals surface area (Å²) in [6.45, 7) is 8.72. The monoisotopic (exact) mass is 417 g/mol. The Labute approximate surface area is 189 Å². The van der Waals surface area contributed by atoms with Crippen LogP contribution in [0.5, 0.6) is 0 Å². The number of anilines is 1. The summed E-state index contributed by atoms with van der Waals surface area (Å²) in [4.78, 5) is 9.19. The Morgan fingerprint density at radius 3 is 2.50 bits per heavy atom. The minimum absolute atomic E-state index is 0.692. The maximum absolute atomic E-state index is 4.72. The zero-order valence-electron chi connectivity index (χ0n) is 18.5. The molecular formula is C29H27N3. The SMILES string of the molecule is C=C(C)/C=C(\C=C/C)c1ccc(CNc2ccnc(-c3ccc4ccccc4c3)n2)cc1. The highest BCUT2D eigenvalue weighted by atomic mass is 15.0. The molecule has 1 heterocycles. The van der Waals surface area contributed by atoms with Crippen molar-refractivity contribution in [2.75, 3.05) is 5.32 Å². The molecule has 0 saturated heterocycles. The molecule has 0 aliphatic heterocycles. The first kappa shape index (κ1) is 21.3. The van der Waals surface area contributed by atoms with Crippen molar-refractivity contribution in [2.45, 2.75) is 20.4 Å². The second kappa shape index (κ2) is 9.88. The van der Waals surface area contributed by atoms with Gasteiger partial charge in [0.25, 0.3) is 0 Å². The van der Waals surface area contributed by atoms with E-state index in [1.165, 1.54) is 21.9 Å². The number of hydrogen-bond acceptors (Lipinski definition) is 3. The molecule has 0 saturated carbocycles. The van der Waals surface area contributed by atoms with E-state index in [9.17, 15) is 0 Å². The molecule has 0 radical (unpaired) electrons. The Hall–Kier alpha value is -3.98. The number of rotatable bonds is 7. The first-order valence-electron chi connectivity index (χ1n) is 10.8. The molecule has 158 valence electrons. The summed E-state index contributed by atoms with van der Waals surface area (Å²) in [5.74, 6) is 1.53. The molecule has 1 N–H and O–H groups in total. The molecule has 4 rings (SSSR count). The van der Waals surface area contributed by atoms with Gasteiger partial charge in [0.1, 0.15) is 5.82 Å². The number of aromatic nitrogens is 2. The predicted octanol–water partition coefficient (Wildman–Crippen LogP) is 7.44. The van der Waals surface area contributed by atoms with Gasteiger partial charge in [0, 0.05) is 18.3 Å². The van der Waals surface area contributed by atoms with E-state index in [2.05, 4.69) is 83.6 Å². The molecule has 0 spiro atoms. The van der Waals surface area contributed by atoms with Crippen LogP contribution in [0.2, 0.25) is 0 Å². The molecular weight excluding hydrogens is 390 g/mol. The second-order valence-electron chi connectivity index (χ2n) is 7.82. The number of nitrogens with one attached hydrogen (secondary N) is 1. The maximum atomic E-state index is 4.72. The Kier molecular flexibility index (Phi) is 6.57. The fourth-order valence-corrected chi connectivity index (χ4v) is 3.61. The highest BCUT2D eigenvalue weighted by molar-refractivity contribution is 5.86. The maximum Gasteiger partial charge on any atom is 0.161 e. The van der Waals surface area contributed by atoms with Gasteiger partial charge in [-0.1, -0.05) is 91.0 Å². The molecule has 3 aromatic carbocycles. The molecule has 0 unspecified atom stereocenters. The summed E-state index contributed by atoms with van der Waals surface area (Å²) in [6.07, 6.45) is 8.06. The highest BCUT2D eigenvalue weighted by Crippen LogP contribution is 2.23. The van der Waals surface area contributed by atoms with E-state index >= 15 is 0 Å². The lowest BCUT2D eigenvalue weighted by Crippen LogP contribution is -2.02. The number of fused-ring (bicyclic) bond motifs is 1. The normalized spacial score (nSPS) is 11.8. The van der Waals surface area contributed by atoms with Crippen molar-refractivity contribution in [3.05, 3.63) is 121 Å². The summed E-state index contributed by atoms with van der Waals surface area (Å²) >= 11 is 0. The predicted molar refractivity (Wildman–Crippen MR) is 136 cm³/mol. The van der Waals surface area contributed by atoms with E-state index in [-0.39, 0.29) is 0 Å². The van der Waals surface area contributed by atoms with Crippen LogP contribution in [-0.2, 0) is 6.54 Å². The number of nitrogens with zero attached hydrogens (tertiary/aromatic N) is 2. The van der Waals surface area contributed by atoms with Crippen molar-refractivity contribution >= 4 is 22.2 Å². The van der Waals surface area contributed by atoms with E-state index in [0.29, 0.717) is 6.54 Å². The van der Waals surface area contributed by atoms with Crippen LogP contribution in [0, 0.1) is 0 Å². The molecule has 0 aliphatic carbocycles. The Morgan fingerprint density at radius 1 is 0.969 bits per heavy atom. The molecule has 4 aromatic rings. The van der Waals surface area contributed by atoms with Gasteiger partial charge < -0.3 is 5.32 Å². The highest BCUT2D eigenvalue weighted by Gasteiger charge is 2.05. The van der Waals surface area contributed by atoms with Crippen molar-refractivity contribution in [1.82, 2.24) is 9.97 Å². The average molecular weight is 418 g/mol. The summed E-state index contributed by atoms with van der Waals surface area (Å²) < 4.78 is 0. The van der Waals surface area contributed by atoms with Gasteiger partial charge >= 0.3 is 0 Å². The van der Waals surface area contributed by atoms with Crippen molar-refractivity contribution in [3.8, 4) is 11.4 Å². The van der Waals surface area contributed by atoms with Crippen molar-refractivity contribution in [2.24, 2.45) is 0 Å². The fraction of sp³-hybridized carbons (Fsp3) is 0.103. The first-order valence-corrected chi connectivity index (χ1v) is 10.8. The topological polar surface area (TPSA) is 37.8 Å². The molecule has 0 fully saturated rings. The molecule has 1 aromatic heterocycles. The van der Waals surface area contributed by atoms with Crippen LogP contribution in [0.15, 0.2) is 109 Å². The summed E-state index contributed by atoms with van der Waals surface area (Å²) in [5.41, 5.74) is 5.58. The number of benzene rings is 3. The van der Waals surface area contributed by atoms with Crippen molar-refractivity contribution in [1.29, 1.82) is 0 Å². The summed E-state index contributed by atoms with van der Waals surface area (Å²) in [6, 6.07) is 25.1. The van der Waals surface area contributed by atoms with Crippen LogP contribution in [-0.4, -0.2) is 9.97 Å². The average Bonchev–Trinajstić information content (AvgIpc) is 2.82. The molecule has 0 aliphatic rings. The van der Waals surface area contributed by atoms with Crippen LogP contribution in [0.4, 0.5) is 5.82 Å². The van der Waals surface area contributed by atoms with Gasteiger partial charge in [-0.2, -0.15) is 0 Å². The van der Waals surface area contributed by atoms with E-state index < -0.39 is 0 Å². The largest absolute Gasteiger partial charge is 0.366 e. The van der Waals surface area contributed by atoms with E-state index in [1.54, 1.807) is 6.20 Å². The van der Waals surface area contributed by atoms with Crippen LogP contribution in [0.1, 0.15) is 25.0 Å². The second-order valence-corrected chi connectivity index (χ2v) is 7.82. The van der Waals surface area contributed by atoms with Crippen LogP contribution in [0.25, 0.3) is 27.7 Å². The van der Waals surface area contributed by atoms with Gasteiger partial charge in [0.15, 0.2) is 5.82 Å². The Balaban J connectivity index is 1.48. The standard InChI is InChI=1S/C29H27N3/c1-4-7-25(18-21(2)3)24-12-10-22(11-13-24)20-31-28-16-17-30-29(32-28)27-15-14-23-8-5-6-9-26(23)19-27/h4-19H,2,20H2,1,3H3,(H,30,31,32)/b7-4-,25-18+. The Bertz CT molecular complexity index is 1300. The number of allylic oxidation sites excluding steroid dienone is 5. The minimum atomic E-state index is 0.692. The van der Waals surface area contributed by atoms with Crippen LogP contribution in [0.3, 0.4) is 0 Å². The van der Waals surface area contributed by atoms with Crippen molar-refractivity contribution < 1.29 is 0 Å². The van der Waals surface area contributed by atoms with Gasteiger partial charge in [0.2, 0.25) is 0 Å². The van der Waals surface area contributed by atoms with E-state index in [4.69, 9.17) is 4.98 Å². The van der Waals surface area contributed by atoms with Gasteiger partial charge in [0.05, 0.1) is 0 Å². The molecule has 3 heteroatoms. The fourth-order valence-electron chi connectivity index (χ4n) is 3.61. The summed E-state index contributed by atoms with van der Waals surface area (Å²) in [5, 5.41) is 5.82. The zero-order valence-corrected chi connectivity index (χ0v) is 18.5. The van der Waals surface area contributed by atoms with E-state index in [1.807, 2.05) is 38.1 Å². The smallest absolute Gasteiger partial charge is 0.161 e. The lowest BCUT2D eigenvalue weighted by atomic mass is 10.0. The molecule has 32 heavy (non-hydrogen) atoms. The van der Waals surface area contributed by atoms with Gasteiger partial charge in [-0.05, 0) is 53.5 Å². The third kappa shape index (κ3) is 5.19. The summed E-state index contributed by atoms with van der Waals surface area (Å²) in [7, 11) is 0. The van der Waals surface area contributed by atoms with E-state index in [0.717, 1.165) is 28.4 Å². The van der Waals surface area contributed by atoms with Gasteiger partial charge in [-0.25, -0.2) is 9.97 Å². The van der Waals surface area contributed by atoms with Crippen LogP contribution < -0.4 is 5.32 Å². The Morgan fingerprint density at radius 2 is 1.75 bits per heavy atom. The molecule has 3 nitrogen and oxygen atoms in total. The van der Waals surface area contributed by atoms with Gasteiger partial charge in [-0.15, -0.1) is 0 Å². The molecule has 0 amide bonds.